The van der Waals surface area contributed by atoms with Crippen molar-refractivity contribution in [2.75, 3.05) is 11.4 Å². The lowest BCUT2D eigenvalue weighted by Crippen LogP contribution is -2.28. The molecule has 1 aliphatic heterocycles. The molecule has 17 heavy (non-hydrogen) atoms. The molecule has 1 fully saturated rings. The van der Waals surface area contributed by atoms with E-state index in [0.29, 0.717) is 19.0 Å². The van der Waals surface area contributed by atoms with Crippen LogP contribution in [0.5, 0.6) is 0 Å². The number of carbonyl (C=O) groups is 1. The average Bonchev–Trinajstić information content (AvgIpc) is 2.84. The average molecular weight is 256 g/mol. The standard InChI is InChI=1S/C12H18ClN3O/c1-3-4-9(2)16-11(5-6-14-16)15-8-10(13)7-12(15)17/h5-6,9-10H,3-4,7-8H2,1-2H3. The molecule has 2 rings (SSSR count). The van der Waals surface area contributed by atoms with Crippen LogP contribution in [0.3, 0.4) is 0 Å². The van der Waals surface area contributed by atoms with Gasteiger partial charge < -0.3 is 0 Å². The molecule has 4 nitrogen and oxygen atoms in total. The minimum Gasteiger partial charge on any atom is -0.295 e. The second-order valence-corrected chi connectivity index (χ2v) is 5.19. The van der Waals surface area contributed by atoms with E-state index in [9.17, 15) is 4.79 Å². The lowest BCUT2D eigenvalue weighted by Gasteiger charge is -2.21. The Balaban J connectivity index is 2.21. The van der Waals surface area contributed by atoms with Crippen LogP contribution in [0.25, 0.3) is 0 Å². The summed E-state index contributed by atoms with van der Waals surface area (Å²) in [5.41, 5.74) is 0. The van der Waals surface area contributed by atoms with Gasteiger partial charge in [0, 0.05) is 19.0 Å². The summed E-state index contributed by atoms with van der Waals surface area (Å²) < 4.78 is 1.93. The monoisotopic (exact) mass is 255 g/mol. The minimum absolute atomic E-state index is 0.0765. The van der Waals surface area contributed by atoms with Crippen molar-refractivity contribution in [3.63, 3.8) is 0 Å². The molecule has 0 aromatic carbocycles. The van der Waals surface area contributed by atoms with E-state index in [1.165, 1.54) is 0 Å². The van der Waals surface area contributed by atoms with Crippen molar-refractivity contribution < 1.29 is 4.79 Å². The van der Waals surface area contributed by atoms with E-state index in [2.05, 4.69) is 18.9 Å². The highest BCUT2D eigenvalue weighted by molar-refractivity contribution is 6.24. The fourth-order valence-electron chi connectivity index (χ4n) is 2.29. The number of hydrogen-bond acceptors (Lipinski definition) is 2. The van der Waals surface area contributed by atoms with Crippen molar-refractivity contribution in [1.82, 2.24) is 9.78 Å². The number of hydrogen-bond donors (Lipinski definition) is 0. The van der Waals surface area contributed by atoms with E-state index in [0.717, 1.165) is 18.7 Å². The van der Waals surface area contributed by atoms with Crippen LogP contribution in [-0.2, 0) is 4.79 Å². The maximum Gasteiger partial charge on any atom is 0.229 e. The van der Waals surface area contributed by atoms with Gasteiger partial charge in [0.1, 0.15) is 5.82 Å². The van der Waals surface area contributed by atoms with Gasteiger partial charge in [0.15, 0.2) is 0 Å². The molecule has 5 heteroatoms. The number of anilines is 1. The second kappa shape index (κ2) is 5.08. The third-order valence-corrected chi connectivity index (χ3v) is 3.42. The van der Waals surface area contributed by atoms with Crippen LogP contribution in [0.1, 0.15) is 39.2 Å². The van der Waals surface area contributed by atoms with Crippen molar-refractivity contribution in [3.05, 3.63) is 12.3 Å². The van der Waals surface area contributed by atoms with Crippen molar-refractivity contribution in [2.45, 2.75) is 44.5 Å². The Morgan fingerprint density at radius 2 is 2.41 bits per heavy atom. The van der Waals surface area contributed by atoms with Crippen LogP contribution in [-0.4, -0.2) is 27.6 Å². The van der Waals surface area contributed by atoms with Crippen LogP contribution in [0.4, 0.5) is 5.82 Å². The van der Waals surface area contributed by atoms with E-state index in [1.807, 2.05) is 10.7 Å². The quantitative estimate of drug-likeness (QED) is 0.776. The van der Waals surface area contributed by atoms with Crippen molar-refractivity contribution in [1.29, 1.82) is 0 Å². The molecule has 1 aromatic heterocycles. The fraction of sp³-hybridized carbons (Fsp3) is 0.667. The predicted molar refractivity (Wildman–Crippen MR) is 68.5 cm³/mol. The Hall–Kier alpha value is -1.03. The van der Waals surface area contributed by atoms with Crippen LogP contribution in [0.2, 0.25) is 0 Å². The summed E-state index contributed by atoms with van der Waals surface area (Å²) in [7, 11) is 0. The fourth-order valence-corrected chi connectivity index (χ4v) is 2.56. The smallest absolute Gasteiger partial charge is 0.229 e. The van der Waals surface area contributed by atoms with Gasteiger partial charge >= 0.3 is 0 Å². The highest BCUT2D eigenvalue weighted by Crippen LogP contribution is 2.27. The summed E-state index contributed by atoms with van der Waals surface area (Å²) in [6.07, 6.45) is 4.33. The Kier molecular flexibility index (Phi) is 3.72. The zero-order valence-electron chi connectivity index (χ0n) is 10.3. The van der Waals surface area contributed by atoms with Gasteiger partial charge in [-0.3, -0.25) is 9.69 Å². The summed E-state index contributed by atoms with van der Waals surface area (Å²) in [6, 6.07) is 2.20. The van der Waals surface area contributed by atoms with Crippen LogP contribution < -0.4 is 4.90 Å². The maximum absolute atomic E-state index is 11.8. The first-order valence-electron chi connectivity index (χ1n) is 6.11. The molecule has 2 unspecified atom stereocenters. The molecule has 1 aromatic rings. The normalized spacial score (nSPS) is 22.2. The Morgan fingerprint density at radius 3 is 3.00 bits per heavy atom. The van der Waals surface area contributed by atoms with Crippen molar-refractivity contribution in [2.24, 2.45) is 0 Å². The van der Waals surface area contributed by atoms with E-state index in [-0.39, 0.29) is 11.3 Å². The number of aromatic nitrogens is 2. The molecule has 2 atom stereocenters. The molecule has 0 N–H and O–H groups in total. The van der Waals surface area contributed by atoms with Gasteiger partial charge in [0.05, 0.1) is 17.6 Å². The van der Waals surface area contributed by atoms with Gasteiger partial charge in [0.25, 0.3) is 0 Å². The number of carbonyl (C=O) groups excluding carboxylic acids is 1. The molecule has 1 aliphatic rings. The van der Waals surface area contributed by atoms with Gasteiger partial charge in [-0.15, -0.1) is 11.6 Å². The lowest BCUT2D eigenvalue weighted by molar-refractivity contribution is -0.117. The number of amides is 1. The maximum atomic E-state index is 11.8. The summed E-state index contributed by atoms with van der Waals surface area (Å²) in [6.45, 7) is 4.86. The Labute approximate surface area is 107 Å². The second-order valence-electron chi connectivity index (χ2n) is 4.58. The summed E-state index contributed by atoms with van der Waals surface area (Å²) >= 11 is 6.02. The van der Waals surface area contributed by atoms with Crippen LogP contribution in [0, 0.1) is 0 Å². The predicted octanol–water partition coefficient (Wildman–Crippen LogP) is 2.59. The van der Waals surface area contributed by atoms with Crippen LogP contribution >= 0.6 is 11.6 Å². The van der Waals surface area contributed by atoms with E-state index in [4.69, 9.17) is 11.6 Å². The minimum atomic E-state index is -0.0765. The largest absolute Gasteiger partial charge is 0.295 e. The number of nitrogens with zero attached hydrogens (tertiary/aromatic N) is 3. The SMILES string of the molecule is CCCC(C)n1nccc1N1CC(Cl)CC1=O. The van der Waals surface area contributed by atoms with E-state index in [1.54, 1.807) is 11.1 Å². The third-order valence-electron chi connectivity index (χ3n) is 3.13. The first-order valence-corrected chi connectivity index (χ1v) is 6.55. The van der Waals surface area contributed by atoms with Gasteiger partial charge in [-0.25, -0.2) is 4.68 Å². The Morgan fingerprint density at radius 1 is 1.65 bits per heavy atom. The highest BCUT2D eigenvalue weighted by atomic mass is 35.5. The molecular weight excluding hydrogens is 238 g/mol. The molecule has 2 heterocycles. The van der Waals surface area contributed by atoms with Gasteiger partial charge in [-0.1, -0.05) is 13.3 Å². The Bertz CT molecular complexity index is 404. The van der Waals surface area contributed by atoms with Crippen LogP contribution in [0.15, 0.2) is 12.3 Å². The molecule has 0 radical (unpaired) electrons. The number of alkyl halides is 1. The molecule has 1 amide bonds. The summed E-state index contributed by atoms with van der Waals surface area (Å²) in [5, 5.41) is 4.24. The molecular formula is C12H18ClN3O. The lowest BCUT2D eigenvalue weighted by atomic mass is 10.2. The number of halogens is 1. The molecule has 0 saturated carbocycles. The van der Waals surface area contributed by atoms with E-state index < -0.39 is 0 Å². The zero-order chi connectivity index (χ0) is 12.4. The topological polar surface area (TPSA) is 38.1 Å². The first-order chi connectivity index (χ1) is 8.13. The van der Waals surface area contributed by atoms with Crippen molar-refractivity contribution >= 4 is 23.3 Å². The van der Waals surface area contributed by atoms with Gasteiger partial charge in [-0.2, -0.15) is 5.10 Å². The van der Waals surface area contributed by atoms with Gasteiger partial charge in [-0.05, 0) is 13.3 Å². The molecule has 0 aliphatic carbocycles. The van der Waals surface area contributed by atoms with Gasteiger partial charge in [0.2, 0.25) is 5.91 Å². The highest BCUT2D eigenvalue weighted by Gasteiger charge is 2.31. The molecule has 94 valence electrons. The summed E-state index contributed by atoms with van der Waals surface area (Å²) in [5.74, 6) is 0.967. The molecule has 0 spiro atoms. The van der Waals surface area contributed by atoms with Crippen molar-refractivity contribution in [3.8, 4) is 0 Å². The molecule has 0 bridgehead atoms. The number of rotatable bonds is 4. The summed E-state index contributed by atoms with van der Waals surface area (Å²) in [4.78, 5) is 13.6. The molecule has 1 saturated heterocycles. The van der Waals surface area contributed by atoms with E-state index >= 15 is 0 Å². The zero-order valence-corrected chi connectivity index (χ0v) is 11.0. The third kappa shape index (κ3) is 2.46. The first kappa shape index (κ1) is 12.4.